The second-order valence-corrected chi connectivity index (χ2v) is 8.33. The van der Waals surface area contributed by atoms with Crippen molar-refractivity contribution >= 4 is 22.7 Å². The number of aliphatic hydroxyl groups is 1. The number of ether oxygens (including phenoxy) is 4. The van der Waals surface area contributed by atoms with Gasteiger partial charge in [-0.1, -0.05) is 12.1 Å². The van der Waals surface area contributed by atoms with Crippen molar-refractivity contribution in [3.05, 3.63) is 64.0 Å². The molecule has 12 nitrogen and oxygen atoms in total. The van der Waals surface area contributed by atoms with Gasteiger partial charge in [0.15, 0.2) is 23.5 Å². The first kappa shape index (κ1) is 27.0. The van der Waals surface area contributed by atoms with E-state index in [1.54, 1.807) is 18.2 Å². The Kier molecular flexibility index (Phi) is 8.84. The monoisotopic (exact) mass is 530 g/mol. The largest absolute Gasteiger partial charge is 0.497 e. The van der Waals surface area contributed by atoms with Crippen molar-refractivity contribution in [3.8, 4) is 11.5 Å². The number of carbonyl (C=O) groups excluding carboxylic acids is 2. The van der Waals surface area contributed by atoms with E-state index in [-0.39, 0.29) is 48.8 Å². The SMILES string of the molecule is COc1cccc(CNC(=O)c2nc3ccc(F)c(OCCC4COC(C(=O)NCO)CO4)c3c(=O)[nH]2)c1. The van der Waals surface area contributed by atoms with Crippen molar-refractivity contribution < 1.29 is 38.0 Å². The molecule has 0 radical (unpaired) electrons. The van der Waals surface area contributed by atoms with E-state index in [0.717, 1.165) is 11.6 Å². The smallest absolute Gasteiger partial charge is 0.287 e. The molecular weight excluding hydrogens is 503 g/mol. The number of benzene rings is 2. The highest BCUT2D eigenvalue weighted by atomic mass is 19.1. The fourth-order valence-corrected chi connectivity index (χ4v) is 3.82. The van der Waals surface area contributed by atoms with Crippen molar-refractivity contribution in [2.75, 3.05) is 33.7 Å². The Morgan fingerprint density at radius 3 is 2.79 bits per heavy atom. The number of H-pyrrole nitrogens is 1. The minimum atomic E-state index is -0.832. The van der Waals surface area contributed by atoms with Crippen LogP contribution in [0.15, 0.2) is 41.2 Å². The van der Waals surface area contributed by atoms with E-state index >= 15 is 0 Å². The molecule has 4 N–H and O–H groups in total. The number of halogens is 1. The molecule has 13 heteroatoms. The van der Waals surface area contributed by atoms with Crippen LogP contribution in [-0.2, 0) is 20.8 Å². The van der Waals surface area contributed by atoms with Crippen LogP contribution in [0.2, 0.25) is 0 Å². The number of nitrogens with one attached hydrogen (secondary N) is 3. The number of amides is 2. The van der Waals surface area contributed by atoms with Crippen molar-refractivity contribution in [2.24, 2.45) is 0 Å². The number of aromatic amines is 1. The predicted molar refractivity (Wildman–Crippen MR) is 131 cm³/mol. The van der Waals surface area contributed by atoms with Gasteiger partial charge in [-0.05, 0) is 29.8 Å². The predicted octanol–water partition coefficient (Wildman–Crippen LogP) is 0.620. The summed E-state index contributed by atoms with van der Waals surface area (Å²) in [6, 6.07) is 9.53. The Balaban J connectivity index is 1.39. The van der Waals surface area contributed by atoms with E-state index in [2.05, 4.69) is 20.6 Å². The fraction of sp³-hybridized carbons (Fsp3) is 0.360. The molecular formula is C25H27FN4O8. The first-order valence-corrected chi connectivity index (χ1v) is 11.8. The van der Waals surface area contributed by atoms with Crippen molar-refractivity contribution in [3.63, 3.8) is 0 Å². The quantitative estimate of drug-likeness (QED) is 0.275. The first-order chi connectivity index (χ1) is 18.4. The van der Waals surface area contributed by atoms with E-state index in [9.17, 15) is 18.8 Å². The van der Waals surface area contributed by atoms with Crippen LogP contribution in [0, 0.1) is 5.82 Å². The molecule has 1 aromatic heterocycles. The molecule has 202 valence electrons. The van der Waals surface area contributed by atoms with Gasteiger partial charge in [-0.2, -0.15) is 0 Å². The number of aromatic nitrogens is 2. The highest BCUT2D eigenvalue weighted by molar-refractivity contribution is 5.93. The lowest BCUT2D eigenvalue weighted by molar-refractivity contribution is -0.162. The van der Waals surface area contributed by atoms with Crippen LogP contribution < -0.4 is 25.7 Å². The molecule has 4 rings (SSSR count). The molecule has 2 amide bonds. The molecule has 1 aliphatic rings. The lowest BCUT2D eigenvalue weighted by atomic mass is 10.2. The number of carbonyl (C=O) groups is 2. The molecule has 2 aromatic carbocycles. The van der Waals surface area contributed by atoms with E-state index in [1.165, 1.54) is 13.2 Å². The van der Waals surface area contributed by atoms with E-state index in [4.69, 9.17) is 24.1 Å². The number of hydrogen-bond donors (Lipinski definition) is 4. The number of rotatable bonds is 10. The Hall–Kier alpha value is -4.07. The normalized spacial score (nSPS) is 17.1. The van der Waals surface area contributed by atoms with Crippen LogP contribution in [0.4, 0.5) is 4.39 Å². The minimum absolute atomic E-state index is 0.00856. The molecule has 0 spiro atoms. The Morgan fingerprint density at radius 2 is 2.05 bits per heavy atom. The molecule has 0 bridgehead atoms. The maximum atomic E-state index is 14.6. The zero-order valence-corrected chi connectivity index (χ0v) is 20.5. The summed E-state index contributed by atoms with van der Waals surface area (Å²) in [5, 5.41) is 13.5. The van der Waals surface area contributed by atoms with Gasteiger partial charge < -0.3 is 39.7 Å². The van der Waals surface area contributed by atoms with Gasteiger partial charge >= 0.3 is 0 Å². The second-order valence-electron chi connectivity index (χ2n) is 8.33. The van der Waals surface area contributed by atoms with Crippen LogP contribution in [0.1, 0.15) is 22.6 Å². The van der Waals surface area contributed by atoms with Crippen molar-refractivity contribution in [2.45, 2.75) is 25.2 Å². The van der Waals surface area contributed by atoms with Gasteiger partial charge in [-0.3, -0.25) is 14.4 Å². The Morgan fingerprint density at radius 1 is 1.21 bits per heavy atom. The molecule has 0 saturated carbocycles. The lowest BCUT2D eigenvalue weighted by Crippen LogP contribution is -2.46. The molecule has 0 aliphatic carbocycles. The van der Waals surface area contributed by atoms with E-state index in [1.807, 2.05) is 6.07 Å². The minimum Gasteiger partial charge on any atom is -0.497 e. The van der Waals surface area contributed by atoms with Gasteiger partial charge in [0.25, 0.3) is 17.4 Å². The summed E-state index contributed by atoms with van der Waals surface area (Å²) in [7, 11) is 1.54. The fourth-order valence-electron chi connectivity index (χ4n) is 3.82. The highest BCUT2D eigenvalue weighted by Crippen LogP contribution is 2.26. The van der Waals surface area contributed by atoms with E-state index in [0.29, 0.717) is 12.2 Å². The van der Waals surface area contributed by atoms with Crippen LogP contribution in [0.25, 0.3) is 10.9 Å². The van der Waals surface area contributed by atoms with Gasteiger partial charge in [0.2, 0.25) is 0 Å². The van der Waals surface area contributed by atoms with Crippen LogP contribution in [-0.4, -0.2) is 72.8 Å². The topological polar surface area (TPSA) is 161 Å². The molecule has 1 aliphatic heterocycles. The number of nitrogens with zero attached hydrogens (tertiary/aromatic N) is 1. The molecule has 2 unspecified atom stereocenters. The second kappa shape index (κ2) is 12.4. The van der Waals surface area contributed by atoms with Crippen molar-refractivity contribution in [1.29, 1.82) is 0 Å². The van der Waals surface area contributed by atoms with Gasteiger partial charge in [0.05, 0.1) is 38.6 Å². The molecule has 3 aromatic rings. The summed E-state index contributed by atoms with van der Waals surface area (Å²) in [5.74, 6) is -1.74. The third-order valence-electron chi connectivity index (χ3n) is 5.78. The number of methoxy groups -OCH3 is 1. The highest BCUT2D eigenvalue weighted by Gasteiger charge is 2.27. The van der Waals surface area contributed by atoms with Crippen LogP contribution >= 0.6 is 0 Å². The summed E-state index contributed by atoms with van der Waals surface area (Å²) in [6.07, 6.45) is -0.954. The zero-order chi connectivity index (χ0) is 27.1. The van der Waals surface area contributed by atoms with Crippen LogP contribution in [0.3, 0.4) is 0 Å². The number of aliphatic hydroxyl groups excluding tert-OH is 1. The van der Waals surface area contributed by atoms with Crippen LogP contribution in [0.5, 0.6) is 11.5 Å². The van der Waals surface area contributed by atoms with Crippen molar-refractivity contribution in [1.82, 2.24) is 20.6 Å². The summed E-state index contributed by atoms with van der Waals surface area (Å²) in [6.45, 7) is -0.252. The summed E-state index contributed by atoms with van der Waals surface area (Å²) >= 11 is 0. The summed E-state index contributed by atoms with van der Waals surface area (Å²) in [5.41, 5.74) is 0.146. The number of hydrogen-bond acceptors (Lipinski definition) is 9. The maximum absolute atomic E-state index is 14.6. The van der Waals surface area contributed by atoms with E-state index < -0.39 is 42.1 Å². The number of fused-ring (bicyclic) bond motifs is 1. The lowest BCUT2D eigenvalue weighted by Gasteiger charge is -2.28. The molecule has 38 heavy (non-hydrogen) atoms. The molecule has 1 fully saturated rings. The molecule has 1 saturated heterocycles. The van der Waals surface area contributed by atoms with Gasteiger partial charge in [-0.25, -0.2) is 9.37 Å². The standard InChI is InChI=1S/C25H27FN4O8/c1-35-15-4-2-3-14(9-15)10-27-25(34)22-29-18-6-5-17(26)21(20(18)24(33)30-22)36-8-7-16-11-38-19(12-37-16)23(32)28-13-31/h2-6,9,16,19,31H,7-8,10-13H2,1H3,(H,27,34)(H,28,32)(H,29,30,33). The third kappa shape index (κ3) is 6.43. The molecule has 2 heterocycles. The summed E-state index contributed by atoms with van der Waals surface area (Å²) < 4.78 is 36.3. The maximum Gasteiger partial charge on any atom is 0.287 e. The van der Waals surface area contributed by atoms with Gasteiger partial charge in [-0.15, -0.1) is 0 Å². The Labute approximate surface area is 216 Å². The average molecular weight is 531 g/mol. The first-order valence-electron chi connectivity index (χ1n) is 11.8. The zero-order valence-electron chi connectivity index (χ0n) is 20.5. The molecule has 2 atom stereocenters. The summed E-state index contributed by atoms with van der Waals surface area (Å²) in [4.78, 5) is 43.7. The van der Waals surface area contributed by atoms with Gasteiger partial charge in [0, 0.05) is 13.0 Å². The Bertz CT molecular complexity index is 1360. The average Bonchev–Trinajstić information content (AvgIpc) is 2.93. The van der Waals surface area contributed by atoms with Gasteiger partial charge in [0.1, 0.15) is 17.9 Å². The third-order valence-corrected chi connectivity index (χ3v) is 5.78.